The summed E-state index contributed by atoms with van der Waals surface area (Å²) in [5.74, 6) is -0.835. The largest absolute Gasteiger partial charge is 0.465 e. The Balaban J connectivity index is 3.56. The number of methoxy groups -OCH3 is 1. The highest BCUT2D eigenvalue weighted by Gasteiger charge is 2.55. The zero-order valence-electron chi connectivity index (χ0n) is 18.3. The summed E-state index contributed by atoms with van der Waals surface area (Å²) >= 11 is 3.19. The van der Waals surface area contributed by atoms with Crippen LogP contribution in [0.2, 0.25) is 0 Å². The minimum atomic E-state index is -1.05. The number of esters is 2. The molecule has 29 heavy (non-hydrogen) atoms. The topological polar surface area (TPSA) is 61.8 Å². The fourth-order valence-corrected chi connectivity index (χ4v) is 6.98. The van der Waals surface area contributed by atoms with E-state index in [1.165, 1.54) is 0 Å². The van der Waals surface area contributed by atoms with Crippen molar-refractivity contribution in [2.45, 2.75) is 44.8 Å². The summed E-state index contributed by atoms with van der Waals surface area (Å²) in [5, 5.41) is 0. The second kappa shape index (κ2) is 13.2. The maximum atomic E-state index is 13.0. The molecule has 0 spiro atoms. The first-order valence-electron chi connectivity index (χ1n) is 10.1. The highest BCUT2D eigenvalue weighted by Crippen LogP contribution is 2.54. The quantitative estimate of drug-likeness (QED) is 0.243. The van der Waals surface area contributed by atoms with Gasteiger partial charge in [0.1, 0.15) is 0 Å². The van der Waals surface area contributed by atoms with Crippen molar-refractivity contribution in [3.63, 3.8) is 0 Å². The summed E-state index contributed by atoms with van der Waals surface area (Å²) in [6, 6.07) is 9.89. The Hall–Kier alpha value is -1.18. The smallest absolute Gasteiger partial charge is 0.322 e. The van der Waals surface area contributed by atoms with Crippen LogP contribution < -0.4 is 0 Å². The van der Waals surface area contributed by atoms with Crippen molar-refractivity contribution in [1.29, 1.82) is 0 Å². The van der Waals surface area contributed by atoms with Gasteiger partial charge in [0.15, 0.2) is 5.92 Å². The van der Waals surface area contributed by atoms with Crippen molar-refractivity contribution >= 4 is 35.5 Å². The Morgan fingerprint density at radius 2 is 1.41 bits per heavy atom. The number of carbonyl (C=O) groups excluding carboxylic acids is 2. The molecule has 0 saturated carbocycles. The minimum Gasteiger partial charge on any atom is -0.465 e. The van der Waals surface area contributed by atoms with E-state index in [4.69, 9.17) is 14.2 Å². The fourth-order valence-electron chi connectivity index (χ4n) is 3.54. The molecule has 2 atom stereocenters. The van der Waals surface area contributed by atoms with Gasteiger partial charge in [-0.2, -0.15) is 0 Å². The Bertz CT molecular complexity index is 599. The number of benzene rings is 1. The van der Waals surface area contributed by atoms with Crippen LogP contribution in [0, 0.1) is 11.8 Å². The number of ether oxygens (including phenoxy) is 3. The Morgan fingerprint density at radius 3 is 1.79 bits per heavy atom. The molecule has 7 heteroatoms. The number of rotatable bonds is 13. The molecule has 0 aromatic heterocycles. The van der Waals surface area contributed by atoms with Crippen molar-refractivity contribution in [2.75, 3.05) is 31.8 Å². The van der Waals surface area contributed by atoms with Gasteiger partial charge in [-0.15, -0.1) is 23.5 Å². The van der Waals surface area contributed by atoms with Crippen molar-refractivity contribution in [3.8, 4) is 0 Å². The first kappa shape index (κ1) is 25.9. The third kappa shape index (κ3) is 6.40. The maximum absolute atomic E-state index is 13.0. The van der Waals surface area contributed by atoms with Crippen molar-refractivity contribution in [3.05, 3.63) is 35.9 Å². The highest BCUT2D eigenvalue weighted by molar-refractivity contribution is 8.18. The van der Waals surface area contributed by atoms with Crippen molar-refractivity contribution in [1.82, 2.24) is 0 Å². The molecule has 1 aromatic rings. The van der Waals surface area contributed by atoms with Gasteiger partial charge in [-0.25, -0.2) is 0 Å². The summed E-state index contributed by atoms with van der Waals surface area (Å²) in [6.07, 6.45) is -0.291. The predicted molar refractivity (Wildman–Crippen MR) is 121 cm³/mol. The molecule has 0 aliphatic carbocycles. The van der Waals surface area contributed by atoms with Crippen LogP contribution in [0.1, 0.15) is 46.3 Å². The number of hydrogen-bond acceptors (Lipinski definition) is 7. The maximum Gasteiger partial charge on any atom is 0.322 e. The van der Waals surface area contributed by atoms with E-state index in [1.54, 1.807) is 44.5 Å². The van der Waals surface area contributed by atoms with Gasteiger partial charge in [0.25, 0.3) is 0 Å². The second-order valence-corrected chi connectivity index (χ2v) is 9.72. The molecule has 0 bridgehead atoms. The van der Waals surface area contributed by atoms with Crippen LogP contribution in [-0.2, 0) is 23.8 Å². The summed E-state index contributed by atoms with van der Waals surface area (Å²) in [6.45, 7) is 10.00. The highest BCUT2D eigenvalue weighted by atomic mass is 32.2. The van der Waals surface area contributed by atoms with E-state index < -0.39 is 21.9 Å². The molecular formula is C22H34O5S2. The fraction of sp³-hybridized carbons (Fsp3) is 0.636. The lowest BCUT2D eigenvalue weighted by Crippen LogP contribution is -2.50. The van der Waals surface area contributed by atoms with Gasteiger partial charge in [-0.05, 0) is 30.9 Å². The molecule has 0 fully saturated rings. The molecule has 0 unspecified atom stereocenters. The lowest BCUT2D eigenvalue weighted by Gasteiger charge is -2.44. The van der Waals surface area contributed by atoms with Crippen molar-refractivity contribution in [2.24, 2.45) is 11.8 Å². The van der Waals surface area contributed by atoms with E-state index in [-0.39, 0.29) is 25.2 Å². The van der Waals surface area contributed by atoms with Gasteiger partial charge in [0, 0.05) is 13.0 Å². The lowest BCUT2D eigenvalue weighted by atomic mass is 9.86. The Labute approximate surface area is 183 Å². The third-order valence-corrected chi connectivity index (χ3v) is 8.06. The van der Waals surface area contributed by atoms with Gasteiger partial charge in [-0.1, -0.05) is 51.1 Å². The normalized spacial score (nSPS) is 13.8. The SMILES string of the molecule is CCOC(=O)C(C(=O)OCC)C(SCC)(SCC)[C@H](C)[C@H](OC)c1ccccc1. The average Bonchev–Trinajstić information content (AvgIpc) is 2.70. The van der Waals surface area contributed by atoms with Crippen LogP contribution in [0.3, 0.4) is 0 Å². The van der Waals surface area contributed by atoms with Crippen LogP contribution in [0.5, 0.6) is 0 Å². The van der Waals surface area contributed by atoms with Crippen LogP contribution in [0.25, 0.3) is 0 Å². The standard InChI is InChI=1S/C22H34O5S2/c1-7-26-20(23)18(21(24)27-8-2)22(28-9-3,29-10-4)16(5)19(25-6)17-14-12-11-13-15-17/h11-16,18-19H,7-10H2,1-6H3/t16-,19+/m1/s1. The zero-order valence-corrected chi connectivity index (χ0v) is 19.9. The van der Waals surface area contributed by atoms with E-state index in [1.807, 2.05) is 51.1 Å². The molecule has 0 aliphatic rings. The van der Waals surface area contributed by atoms with E-state index in [0.29, 0.717) is 0 Å². The van der Waals surface area contributed by atoms with Gasteiger partial charge < -0.3 is 14.2 Å². The van der Waals surface area contributed by atoms with Gasteiger partial charge in [0.2, 0.25) is 0 Å². The molecule has 0 N–H and O–H groups in total. The first-order chi connectivity index (χ1) is 13.9. The summed E-state index contributed by atoms with van der Waals surface area (Å²) in [5.41, 5.74) is 1.01. The molecule has 0 aliphatic heterocycles. The predicted octanol–water partition coefficient (Wildman–Crippen LogP) is 4.96. The lowest BCUT2D eigenvalue weighted by molar-refractivity contribution is -0.163. The Kier molecular flexibility index (Phi) is 11.8. The zero-order chi connectivity index (χ0) is 21.9. The molecule has 0 amide bonds. The molecule has 0 radical (unpaired) electrons. The monoisotopic (exact) mass is 442 g/mol. The third-order valence-electron chi connectivity index (χ3n) is 4.66. The molecule has 0 saturated heterocycles. The summed E-state index contributed by atoms with van der Waals surface area (Å²) < 4.78 is 15.8. The minimum absolute atomic E-state index is 0.177. The number of thioether (sulfide) groups is 2. The number of carbonyl (C=O) groups is 2. The Morgan fingerprint density at radius 1 is 0.931 bits per heavy atom. The van der Waals surface area contributed by atoms with E-state index >= 15 is 0 Å². The average molecular weight is 443 g/mol. The van der Waals surface area contributed by atoms with E-state index in [0.717, 1.165) is 17.1 Å². The molecule has 0 heterocycles. The van der Waals surface area contributed by atoms with Crippen LogP contribution in [0.15, 0.2) is 30.3 Å². The molecule has 5 nitrogen and oxygen atoms in total. The van der Waals surface area contributed by atoms with Crippen LogP contribution >= 0.6 is 23.5 Å². The van der Waals surface area contributed by atoms with E-state index in [2.05, 4.69) is 0 Å². The molecule has 164 valence electrons. The number of hydrogen-bond donors (Lipinski definition) is 0. The first-order valence-corrected chi connectivity index (χ1v) is 12.1. The van der Waals surface area contributed by atoms with Crippen LogP contribution in [-0.4, -0.2) is 47.8 Å². The molecular weight excluding hydrogens is 408 g/mol. The van der Waals surface area contributed by atoms with Crippen molar-refractivity contribution < 1.29 is 23.8 Å². The molecule has 1 aromatic carbocycles. The van der Waals surface area contributed by atoms with Gasteiger partial charge >= 0.3 is 11.9 Å². The summed E-state index contributed by atoms with van der Waals surface area (Å²) in [4.78, 5) is 26.0. The van der Waals surface area contributed by atoms with Gasteiger partial charge in [0.05, 0.1) is 23.4 Å². The summed E-state index contributed by atoms with van der Waals surface area (Å²) in [7, 11) is 1.66. The van der Waals surface area contributed by atoms with E-state index in [9.17, 15) is 9.59 Å². The van der Waals surface area contributed by atoms with Crippen LogP contribution in [0.4, 0.5) is 0 Å². The molecule has 1 rings (SSSR count). The second-order valence-electron chi connectivity index (χ2n) is 6.38. The van der Waals surface area contributed by atoms with Gasteiger partial charge in [-0.3, -0.25) is 9.59 Å².